The minimum absolute atomic E-state index is 0.104. The summed E-state index contributed by atoms with van der Waals surface area (Å²) in [6.45, 7) is 2.04. The third-order valence-corrected chi connectivity index (χ3v) is 2.80. The first kappa shape index (κ1) is 13.5. The van der Waals surface area contributed by atoms with Gasteiger partial charge in [0.15, 0.2) is 5.82 Å². The van der Waals surface area contributed by atoms with Gasteiger partial charge in [-0.05, 0) is 24.6 Å². The van der Waals surface area contributed by atoms with Gasteiger partial charge in [0.2, 0.25) is 0 Å². The molecule has 0 saturated heterocycles. The van der Waals surface area contributed by atoms with Gasteiger partial charge in [0.25, 0.3) is 5.91 Å². The summed E-state index contributed by atoms with van der Waals surface area (Å²) in [4.78, 5) is 11.9. The first-order valence-corrected chi connectivity index (χ1v) is 6.28. The molecular weight excluding hydrogens is 269 g/mol. The maximum absolute atomic E-state index is 13.5. The van der Waals surface area contributed by atoms with Gasteiger partial charge in [0, 0.05) is 16.8 Å². The number of benzene rings is 1. The Hall–Kier alpha value is -1.88. The molecule has 0 atom stereocenters. The smallest absolute Gasteiger partial charge is 0.259 e. The molecule has 4 nitrogen and oxygen atoms in total. The molecule has 0 fully saturated rings. The Kier molecular flexibility index (Phi) is 4.16. The van der Waals surface area contributed by atoms with Crippen LogP contribution >= 0.6 is 11.6 Å². The molecule has 0 unspecified atom stereocenters. The molecule has 0 aliphatic carbocycles. The van der Waals surface area contributed by atoms with Crippen LogP contribution in [0, 0.1) is 5.82 Å². The van der Waals surface area contributed by atoms with E-state index in [1.54, 1.807) is 6.07 Å². The maximum atomic E-state index is 13.5. The van der Waals surface area contributed by atoms with Crippen molar-refractivity contribution in [3.05, 3.63) is 46.4 Å². The summed E-state index contributed by atoms with van der Waals surface area (Å²) < 4.78 is 13.5. The van der Waals surface area contributed by atoms with Gasteiger partial charge in [0.1, 0.15) is 5.82 Å². The van der Waals surface area contributed by atoms with Gasteiger partial charge in [-0.25, -0.2) is 4.39 Å². The summed E-state index contributed by atoms with van der Waals surface area (Å²) in [5.74, 6) is -0.825. The van der Waals surface area contributed by atoms with Crippen LogP contribution in [0.1, 0.15) is 29.4 Å². The molecule has 2 rings (SSSR count). The van der Waals surface area contributed by atoms with Gasteiger partial charge in [-0.15, -0.1) is 0 Å². The van der Waals surface area contributed by atoms with Crippen LogP contribution in [0.15, 0.2) is 24.3 Å². The zero-order chi connectivity index (χ0) is 13.8. The van der Waals surface area contributed by atoms with Gasteiger partial charge in [-0.3, -0.25) is 9.89 Å². The molecule has 0 bridgehead atoms. The number of aromatic nitrogens is 2. The number of aromatic amines is 1. The van der Waals surface area contributed by atoms with E-state index in [-0.39, 0.29) is 5.56 Å². The minimum Gasteiger partial charge on any atom is -0.305 e. The van der Waals surface area contributed by atoms with Crippen LogP contribution < -0.4 is 5.32 Å². The Labute approximate surface area is 115 Å². The highest BCUT2D eigenvalue weighted by molar-refractivity contribution is 6.31. The number of amides is 1. The van der Waals surface area contributed by atoms with Gasteiger partial charge in [-0.2, -0.15) is 5.10 Å². The van der Waals surface area contributed by atoms with Crippen LogP contribution in [0.3, 0.4) is 0 Å². The van der Waals surface area contributed by atoms with E-state index >= 15 is 0 Å². The van der Waals surface area contributed by atoms with Crippen molar-refractivity contribution in [2.75, 3.05) is 5.32 Å². The van der Waals surface area contributed by atoms with Crippen molar-refractivity contribution in [2.24, 2.45) is 0 Å². The number of H-pyrrole nitrogens is 1. The molecule has 2 aromatic rings. The van der Waals surface area contributed by atoms with Crippen molar-refractivity contribution in [2.45, 2.75) is 19.8 Å². The van der Waals surface area contributed by atoms with E-state index in [2.05, 4.69) is 15.5 Å². The second-order valence-corrected chi connectivity index (χ2v) is 4.54. The number of nitrogens with zero attached hydrogens (tertiary/aromatic N) is 1. The summed E-state index contributed by atoms with van der Waals surface area (Å²) in [6.07, 6.45) is 1.81. The average molecular weight is 282 g/mol. The number of nitrogens with one attached hydrogen (secondary N) is 2. The Morgan fingerprint density at radius 1 is 1.47 bits per heavy atom. The topological polar surface area (TPSA) is 57.8 Å². The third-order valence-electron chi connectivity index (χ3n) is 2.56. The predicted octanol–water partition coefficient (Wildman–Crippen LogP) is 3.41. The summed E-state index contributed by atoms with van der Waals surface area (Å²) in [7, 11) is 0. The van der Waals surface area contributed by atoms with Gasteiger partial charge in [0.05, 0.1) is 5.56 Å². The average Bonchev–Trinajstić information content (AvgIpc) is 2.80. The fraction of sp³-hybridized carbons (Fsp3) is 0.231. The lowest BCUT2D eigenvalue weighted by Crippen LogP contribution is -2.14. The van der Waals surface area contributed by atoms with Crippen LogP contribution in [-0.2, 0) is 6.42 Å². The van der Waals surface area contributed by atoms with E-state index in [0.717, 1.165) is 24.6 Å². The molecule has 6 heteroatoms. The van der Waals surface area contributed by atoms with E-state index in [0.29, 0.717) is 10.8 Å². The first-order valence-electron chi connectivity index (χ1n) is 5.91. The number of anilines is 1. The zero-order valence-corrected chi connectivity index (χ0v) is 11.1. The normalized spacial score (nSPS) is 10.5. The van der Waals surface area contributed by atoms with Crippen molar-refractivity contribution in [1.82, 2.24) is 10.2 Å². The van der Waals surface area contributed by atoms with Crippen LogP contribution in [0.2, 0.25) is 5.02 Å². The number of halogens is 2. The van der Waals surface area contributed by atoms with E-state index in [4.69, 9.17) is 11.6 Å². The van der Waals surface area contributed by atoms with Gasteiger partial charge in [-0.1, -0.05) is 24.9 Å². The molecule has 0 radical (unpaired) electrons. The van der Waals surface area contributed by atoms with E-state index in [9.17, 15) is 9.18 Å². The molecule has 1 aromatic heterocycles. The summed E-state index contributed by atoms with van der Waals surface area (Å²) >= 11 is 5.74. The highest BCUT2D eigenvalue weighted by Gasteiger charge is 2.13. The molecule has 0 aliphatic heterocycles. The molecule has 1 amide bonds. The fourth-order valence-electron chi connectivity index (χ4n) is 1.68. The molecule has 1 aromatic carbocycles. The minimum atomic E-state index is -0.619. The molecule has 0 saturated carbocycles. The fourth-order valence-corrected chi connectivity index (χ4v) is 1.85. The standard InChI is InChI=1S/C13H13ClFN3O/c1-2-3-9-7-12(18-17-9)16-13(19)10-6-8(14)4-5-11(10)15/h4-7H,2-3H2,1H3,(H2,16,17,18,19). The summed E-state index contributed by atoms with van der Waals surface area (Å²) in [5, 5.41) is 9.58. The van der Waals surface area contributed by atoms with E-state index < -0.39 is 11.7 Å². The predicted molar refractivity (Wildman–Crippen MR) is 71.9 cm³/mol. The monoisotopic (exact) mass is 281 g/mol. The number of hydrogen-bond donors (Lipinski definition) is 2. The largest absolute Gasteiger partial charge is 0.305 e. The van der Waals surface area contributed by atoms with Crippen molar-refractivity contribution in [3.8, 4) is 0 Å². The SMILES string of the molecule is CCCc1cc(NC(=O)c2cc(Cl)ccc2F)n[nH]1. The lowest BCUT2D eigenvalue weighted by Gasteiger charge is -2.03. The van der Waals surface area contributed by atoms with Gasteiger partial charge >= 0.3 is 0 Å². The number of carbonyl (C=O) groups excluding carboxylic acids is 1. The van der Waals surface area contributed by atoms with Crippen molar-refractivity contribution >= 4 is 23.3 Å². The molecule has 0 aliphatic rings. The van der Waals surface area contributed by atoms with Crippen molar-refractivity contribution in [1.29, 1.82) is 0 Å². The molecule has 19 heavy (non-hydrogen) atoms. The Bertz CT molecular complexity index is 597. The highest BCUT2D eigenvalue weighted by atomic mass is 35.5. The second kappa shape index (κ2) is 5.84. The summed E-state index contributed by atoms with van der Waals surface area (Å²) in [6, 6.07) is 5.56. The van der Waals surface area contributed by atoms with Crippen LogP contribution in [0.4, 0.5) is 10.2 Å². The zero-order valence-electron chi connectivity index (χ0n) is 10.3. The quantitative estimate of drug-likeness (QED) is 0.902. The molecule has 1 heterocycles. The lowest BCUT2D eigenvalue weighted by molar-refractivity contribution is 0.102. The van der Waals surface area contributed by atoms with E-state index in [1.165, 1.54) is 12.1 Å². The van der Waals surface area contributed by atoms with Crippen molar-refractivity contribution in [3.63, 3.8) is 0 Å². The number of rotatable bonds is 4. The number of aryl methyl sites for hydroxylation is 1. The molecule has 2 N–H and O–H groups in total. The van der Waals surface area contributed by atoms with Crippen molar-refractivity contribution < 1.29 is 9.18 Å². The van der Waals surface area contributed by atoms with E-state index in [1.807, 2.05) is 6.92 Å². The van der Waals surface area contributed by atoms with Gasteiger partial charge < -0.3 is 5.32 Å². The Morgan fingerprint density at radius 3 is 3.00 bits per heavy atom. The second-order valence-electron chi connectivity index (χ2n) is 4.11. The first-order chi connectivity index (χ1) is 9.10. The van der Waals surface area contributed by atoms with Crippen LogP contribution in [0.5, 0.6) is 0 Å². The highest BCUT2D eigenvalue weighted by Crippen LogP contribution is 2.16. The number of carbonyl (C=O) groups is 1. The number of hydrogen-bond acceptors (Lipinski definition) is 2. The maximum Gasteiger partial charge on any atom is 0.259 e. The van der Waals surface area contributed by atoms with Crippen LogP contribution in [-0.4, -0.2) is 16.1 Å². The molecule has 0 spiro atoms. The molecular formula is C13H13ClFN3O. The Balaban J connectivity index is 2.13. The third kappa shape index (κ3) is 3.32. The summed E-state index contributed by atoms with van der Waals surface area (Å²) in [5.41, 5.74) is 0.817. The van der Waals surface area contributed by atoms with Crippen LogP contribution in [0.25, 0.3) is 0 Å². The molecule has 100 valence electrons. The Morgan fingerprint density at radius 2 is 2.26 bits per heavy atom. The lowest BCUT2D eigenvalue weighted by atomic mass is 10.2.